The van der Waals surface area contributed by atoms with Gasteiger partial charge in [-0.25, -0.2) is 19.6 Å². The number of hydrogen-bond donors (Lipinski definition) is 1. The van der Waals surface area contributed by atoms with Crippen LogP contribution < -0.4 is 4.90 Å². The summed E-state index contributed by atoms with van der Waals surface area (Å²) in [4.78, 5) is 35.6. The van der Waals surface area contributed by atoms with Gasteiger partial charge in [0.15, 0.2) is 0 Å². The Morgan fingerprint density at radius 3 is 2.11 bits per heavy atom. The third-order valence-corrected chi connectivity index (χ3v) is 4.28. The van der Waals surface area contributed by atoms with Crippen LogP contribution in [-0.4, -0.2) is 63.8 Å². The van der Waals surface area contributed by atoms with E-state index in [1.54, 1.807) is 4.90 Å². The first-order valence-electron chi connectivity index (χ1n) is 9.54. The van der Waals surface area contributed by atoms with Gasteiger partial charge >= 0.3 is 12.1 Å². The quantitative estimate of drug-likeness (QED) is 0.844. The number of aromatic carboxylic acids is 1. The van der Waals surface area contributed by atoms with Crippen molar-refractivity contribution in [3.63, 3.8) is 0 Å². The van der Waals surface area contributed by atoms with Crippen LogP contribution in [0.3, 0.4) is 0 Å². The van der Waals surface area contributed by atoms with Crippen molar-refractivity contribution < 1.29 is 19.4 Å². The van der Waals surface area contributed by atoms with E-state index < -0.39 is 11.6 Å². The number of hydrogen-bond acceptors (Lipinski definition) is 6. The van der Waals surface area contributed by atoms with Crippen molar-refractivity contribution in [1.82, 2.24) is 14.9 Å². The highest BCUT2D eigenvalue weighted by Crippen LogP contribution is 2.15. The lowest BCUT2D eigenvalue weighted by Crippen LogP contribution is -2.39. The topological polar surface area (TPSA) is 95.9 Å². The molecular weight excluding hydrogens is 348 g/mol. The zero-order chi connectivity index (χ0) is 19.9. The fourth-order valence-electron chi connectivity index (χ4n) is 2.94. The van der Waals surface area contributed by atoms with Gasteiger partial charge in [0.05, 0.1) is 5.56 Å². The van der Waals surface area contributed by atoms with Crippen molar-refractivity contribution in [2.75, 3.05) is 31.1 Å². The summed E-state index contributed by atoms with van der Waals surface area (Å²) in [7, 11) is 0. The molecule has 0 atom stereocenters. The van der Waals surface area contributed by atoms with Crippen LogP contribution in [0.15, 0.2) is 12.4 Å². The van der Waals surface area contributed by atoms with Gasteiger partial charge in [-0.3, -0.25) is 0 Å². The molecule has 0 spiro atoms. The molecule has 0 aliphatic carbocycles. The summed E-state index contributed by atoms with van der Waals surface area (Å²) < 4.78 is 5.52. The summed E-state index contributed by atoms with van der Waals surface area (Å²) in [5.41, 5.74) is -0.428. The van der Waals surface area contributed by atoms with Crippen LogP contribution in [0.5, 0.6) is 0 Å². The largest absolute Gasteiger partial charge is 0.478 e. The van der Waals surface area contributed by atoms with Crippen LogP contribution in [0.2, 0.25) is 0 Å². The van der Waals surface area contributed by atoms with Gasteiger partial charge in [-0.15, -0.1) is 0 Å². The molecule has 1 amide bonds. The average molecular weight is 378 g/mol. The van der Waals surface area contributed by atoms with Gasteiger partial charge in [-0.05, 0) is 40.0 Å². The maximum Gasteiger partial charge on any atom is 0.410 e. The van der Waals surface area contributed by atoms with Gasteiger partial charge in [0.25, 0.3) is 0 Å². The molecule has 1 aliphatic heterocycles. The molecule has 0 bridgehead atoms. The summed E-state index contributed by atoms with van der Waals surface area (Å²) in [5.74, 6) is -0.505. The zero-order valence-electron chi connectivity index (χ0n) is 16.5. The van der Waals surface area contributed by atoms with Crippen molar-refractivity contribution in [1.29, 1.82) is 0 Å². The first-order chi connectivity index (χ1) is 12.8. The first-order valence-corrected chi connectivity index (χ1v) is 9.54. The summed E-state index contributed by atoms with van der Waals surface area (Å²) in [6, 6.07) is 0. The van der Waals surface area contributed by atoms with Crippen molar-refractivity contribution in [3.05, 3.63) is 18.0 Å². The van der Waals surface area contributed by atoms with Gasteiger partial charge in [-0.2, -0.15) is 0 Å². The highest BCUT2D eigenvalue weighted by molar-refractivity contribution is 5.86. The Labute approximate surface area is 160 Å². The highest BCUT2D eigenvalue weighted by atomic mass is 16.6. The molecule has 1 fully saturated rings. The van der Waals surface area contributed by atoms with Gasteiger partial charge in [0.1, 0.15) is 5.60 Å². The van der Waals surface area contributed by atoms with E-state index in [1.807, 2.05) is 20.8 Å². The molecule has 0 aromatic carbocycles. The van der Waals surface area contributed by atoms with E-state index in [9.17, 15) is 9.59 Å². The normalized spacial score (nSPS) is 17.1. The molecule has 0 saturated carbocycles. The molecule has 2 heterocycles. The van der Waals surface area contributed by atoms with Crippen LogP contribution in [-0.2, 0) is 4.74 Å². The molecule has 1 aliphatic rings. The van der Waals surface area contributed by atoms with Crippen LogP contribution in [0.1, 0.15) is 63.2 Å². The lowest BCUT2D eigenvalue weighted by atomic mass is 10.2. The molecule has 0 radical (unpaired) electrons. The Balaban J connectivity index is 2.02. The number of carboxylic acid groups (broad SMARTS) is 1. The van der Waals surface area contributed by atoms with Gasteiger partial charge < -0.3 is 19.6 Å². The Bertz CT molecular complexity index is 628. The van der Waals surface area contributed by atoms with Crippen LogP contribution in [0.25, 0.3) is 0 Å². The molecule has 8 nitrogen and oxygen atoms in total. The van der Waals surface area contributed by atoms with Crippen molar-refractivity contribution in [2.45, 2.75) is 58.5 Å². The Morgan fingerprint density at radius 2 is 1.52 bits per heavy atom. The summed E-state index contributed by atoms with van der Waals surface area (Å²) in [5, 5.41) is 8.99. The number of carbonyl (C=O) groups is 2. The summed E-state index contributed by atoms with van der Waals surface area (Å²) >= 11 is 0. The Morgan fingerprint density at radius 1 is 0.963 bits per heavy atom. The van der Waals surface area contributed by atoms with Crippen LogP contribution in [0, 0.1) is 0 Å². The smallest absolute Gasteiger partial charge is 0.410 e. The maximum absolute atomic E-state index is 12.4. The maximum atomic E-state index is 12.4. The molecule has 0 unspecified atom stereocenters. The second-order valence-electron chi connectivity index (χ2n) is 7.80. The number of nitrogens with zero attached hydrogens (tertiary/aromatic N) is 4. The van der Waals surface area contributed by atoms with E-state index in [0.717, 1.165) is 38.6 Å². The van der Waals surface area contributed by atoms with E-state index in [-0.39, 0.29) is 11.7 Å². The molecule has 27 heavy (non-hydrogen) atoms. The molecule has 1 aromatic rings. The number of aromatic nitrogens is 2. The Hall–Kier alpha value is -2.38. The van der Waals surface area contributed by atoms with Crippen LogP contribution in [0.4, 0.5) is 10.7 Å². The molecule has 1 aromatic heterocycles. The fourth-order valence-corrected chi connectivity index (χ4v) is 2.94. The van der Waals surface area contributed by atoms with E-state index in [1.165, 1.54) is 12.4 Å². The number of rotatable bonds is 2. The monoisotopic (exact) mass is 378 g/mol. The first kappa shape index (κ1) is 20.9. The highest BCUT2D eigenvalue weighted by Gasteiger charge is 2.22. The van der Waals surface area contributed by atoms with E-state index in [2.05, 4.69) is 14.9 Å². The number of ether oxygens (including phenoxy) is 1. The molecule has 8 heteroatoms. The molecule has 1 N–H and O–H groups in total. The van der Waals surface area contributed by atoms with Gasteiger partial charge in [-0.1, -0.05) is 12.8 Å². The summed E-state index contributed by atoms with van der Waals surface area (Å²) in [6.07, 6.45) is 7.25. The molecule has 2 rings (SSSR count). The minimum Gasteiger partial charge on any atom is -0.478 e. The van der Waals surface area contributed by atoms with Gasteiger partial charge in [0.2, 0.25) is 5.95 Å². The van der Waals surface area contributed by atoms with E-state index in [4.69, 9.17) is 9.84 Å². The lowest BCUT2D eigenvalue weighted by Gasteiger charge is -2.28. The summed E-state index contributed by atoms with van der Waals surface area (Å²) in [6.45, 7) is 8.45. The second kappa shape index (κ2) is 9.53. The standard InChI is InChI=1S/C19H30N4O4/c1-19(2,3)27-18(26)23-10-7-5-4-6-9-22(11-8-12-23)17-20-13-15(14-21-17)16(24)25/h13-14H,4-12H2,1-3H3,(H,24,25). The number of anilines is 1. The van der Waals surface area contributed by atoms with E-state index >= 15 is 0 Å². The zero-order valence-corrected chi connectivity index (χ0v) is 16.5. The molecular formula is C19H30N4O4. The van der Waals surface area contributed by atoms with Gasteiger partial charge in [0, 0.05) is 38.6 Å². The predicted octanol–water partition coefficient (Wildman–Crippen LogP) is 3.18. The molecule has 1 saturated heterocycles. The third kappa shape index (κ3) is 7.03. The number of amides is 1. The molecule has 150 valence electrons. The lowest BCUT2D eigenvalue weighted by molar-refractivity contribution is 0.0246. The SMILES string of the molecule is CC(C)(C)OC(=O)N1CCCCCCN(c2ncc(C(=O)O)cn2)CCC1. The third-order valence-electron chi connectivity index (χ3n) is 4.28. The van der Waals surface area contributed by atoms with Crippen molar-refractivity contribution in [2.24, 2.45) is 0 Å². The fraction of sp³-hybridized carbons (Fsp3) is 0.684. The number of carbonyl (C=O) groups excluding carboxylic acids is 1. The minimum atomic E-state index is -1.04. The Kier molecular flexibility index (Phi) is 7.38. The van der Waals surface area contributed by atoms with Crippen molar-refractivity contribution >= 4 is 18.0 Å². The second-order valence-corrected chi connectivity index (χ2v) is 7.80. The minimum absolute atomic E-state index is 0.0766. The number of carboxylic acids is 1. The van der Waals surface area contributed by atoms with E-state index in [0.29, 0.717) is 25.6 Å². The van der Waals surface area contributed by atoms with Crippen molar-refractivity contribution in [3.8, 4) is 0 Å². The predicted molar refractivity (Wildman–Crippen MR) is 102 cm³/mol. The average Bonchev–Trinajstić information content (AvgIpc) is 2.64. The van der Waals surface area contributed by atoms with Crippen LogP contribution >= 0.6 is 0 Å².